The minimum absolute atomic E-state index is 0.126. The molecule has 0 atom stereocenters. The van der Waals surface area contributed by atoms with Crippen molar-refractivity contribution >= 4 is 28.2 Å². The van der Waals surface area contributed by atoms with Gasteiger partial charge in [0, 0.05) is 16.0 Å². The average Bonchev–Trinajstić information content (AvgIpc) is 3.34. The number of anilines is 1. The number of carboxylic acids is 1. The Balaban J connectivity index is 1.55. The second-order valence-electron chi connectivity index (χ2n) is 8.61. The van der Waals surface area contributed by atoms with Crippen LogP contribution in [0.4, 0.5) is 18.2 Å². The van der Waals surface area contributed by atoms with Crippen molar-refractivity contribution < 1.29 is 32.4 Å². The van der Waals surface area contributed by atoms with Crippen LogP contribution in [0, 0.1) is 18.8 Å². The van der Waals surface area contributed by atoms with Crippen LogP contribution in [0.3, 0.4) is 0 Å². The second kappa shape index (κ2) is 7.43. The fraction of sp³-hybridized carbons (Fsp3) is 0.524. The van der Waals surface area contributed by atoms with Crippen LogP contribution in [0.25, 0.3) is 11.5 Å². The molecule has 0 spiro atoms. The first-order chi connectivity index (χ1) is 15.1. The highest BCUT2D eigenvalue weighted by Gasteiger charge is 2.43. The quantitative estimate of drug-likeness (QED) is 0.631. The van der Waals surface area contributed by atoms with E-state index in [0.29, 0.717) is 10.6 Å². The first-order valence-electron chi connectivity index (χ1n) is 10.5. The summed E-state index contributed by atoms with van der Waals surface area (Å²) in [5.41, 5.74) is 1.57. The van der Waals surface area contributed by atoms with Crippen molar-refractivity contribution in [1.82, 2.24) is 10.1 Å². The summed E-state index contributed by atoms with van der Waals surface area (Å²) in [5.74, 6) is -3.39. The zero-order valence-electron chi connectivity index (χ0n) is 17.1. The number of carbonyl (C=O) groups is 2. The molecule has 0 saturated heterocycles. The van der Waals surface area contributed by atoms with Gasteiger partial charge in [0.1, 0.15) is 5.00 Å². The number of fused-ring (bicyclic) bond motifs is 2. The van der Waals surface area contributed by atoms with Gasteiger partial charge < -0.3 is 14.9 Å². The van der Waals surface area contributed by atoms with Gasteiger partial charge >= 0.3 is 12.1 Å². The molecule has 11 heteroatoms. The Morgan fingerprint density at radius 2 is 1.66 bits per heavy atom. The van der Waals surface area contributed by atoms with E-state index >= 15 is 0 Å². The number of carbonyl (C=O) groups excluding carboxylic acids is 1. The molecule has 1 amide bonds. The van der Waals surface area contributed by atoms with Crippen molar-refractivity contribution in [2.45, 2.75) is 57.5 Å². The number of nitrogens with one attached hydrogen (secondary N) is 1. The second-order valence-corrected chi connectivity index (χ2v) is 9.83. The van der Waals surface area contributed by atoms with Crippen LogP contribution in [0.2, 0.25) is 0 Å². The van der Waals surface area contributed by atoms with Crippen molar-refractivity contribution in [2.75, 3.05) is 5.32 Å². The Morgan fingerprint density at radius 1 is 1.06 bits per heavy atom. The summed E-state index contributed by atoms with van der Waals surface area (Å²) >= 11 is 1.23. The monoisotopic (exact) mass is 467 g/mol. The maximum atomic E-state index is 13.3. The molecular weight excluding hydrogens is 447 g/mol. The highest BCUT2D eigenvalue weighted by Crippen LogP contribution is 2.52. The van der Waals surface area contributed by atoms with E-state index in [1.807, 2.05) is 6.92 Å². The minimum atomic E-state index is -4.75. The highest BCUT2D eigenvalue weighted by molar-refractivity contribution is 7.17. The van der Waals surface area contributed by atoms with Gasteiger partial charge in [-0.05, 0) is 68.8 Å². The molecular formula is C21H20F3N3O4S. The summed E-state index contributed by atoms with van der Waals surface area (Å²) in [7, 11) is 0. The number of nitrogens with zero attached hydrogens (tertiary/aromatic N) is 2. The van der Waals surface area contributed by atoms with E-state index in [1.165, 1.54) is 11.3 Å². The fourth-order valence-electron chi connectivity index (χ4n) is 5.04. The van der Waals surface area contributed by atoms with Crippen LogP contribution in [-0.4, -0.2) is 27.1 Å². The molecule has 7 nitrogen and oxygen atoms in total. The third-order valence-corrected chi connectivity index (χ3v) is 7.58. The van der Waals surface area contributed by atoms with E-state index in [4.69, 9.17) is 4.52 Å². The molecule has 0 unspecified atom stereocenters. The summed E-state index contributed by atoms with van der Waals surface area (Å²) in [5, 5.41) is 15.9. The van der Waals surface area contributed by atoms with Crippen molar-refractivity contribution in [3.05, 3.63) is 27.4 Å². The first-order valence-corrected chi connectivity index (χ1v) is 11.3. The van der Waals surface area contributed by atoms with Crippen LogP contribution in [0.1, 0.15) is 60.7 Å². The van der Waals surface area contributed by atoms with E-state index < -0.39 is 23.9 Å². The number of rotatable bonds is 5. The smallest absolute Gasteiger partial charge is 0.455 e. The molecule has 2 saturated carbocycles. The van der Waals surface area contributed by atoms with E-state index in [-0.39, 0.29) is 34.8 Å². The van der Waals surface area contributed by atoms with Gasteiger partial charge in [0.15, 0.2) is 0 Å². The molecule has 2 fully saturated rings. The number of aliphatic carboxylic acids is 1. The van der Waals surface area contributed by atoms with Crippen molar-refractivity contribution in [2.24, 2.45) is 11.8 Å². The van der Waals surface area contributed by atoms with Crippen LogP contribution >= 0.6 is 11.3 Å². The number of alkyl halides is 3. The van der Waals surface area contributed by atoms with Gasteiger partial charge in [0.05, 0.1) is 5.56 Å². The van der Waals surface area contributed by atoms with Crippen molar-refractivity contribution in [1.29, 1.82) is 0 Å². The molecule has 6 rings (SSSR count). The lowest BCUT2D eigenvalue weighted by molar-refractivity contribution is -0.146. The Bertz CT molecular complexity index is 1140. The number of hydrogen-bond acceptors (Lipinski definition) is 6. The summed E-state index contributed by atoms with van der Waals surface area (Å²) in [6, 6.07) is 0. The lowest BCUT2D eigenvalue weighted by Gasteiger charge is -2.37. The topological polar surface area (TPSA) is 105 Å². The van der Waals surface area contributed by atoms with Gasteiger partial charge in [-0.3, -0.25) is 4.79 Å². The number of amides is 1. The maximum absolute atomic E-state index is 13.3. The van der Waals surface area contributed by atoms with E-state index in [2.05, 4.69) is 15.5 Å². The number of halogens is 3. The molecule has 0 radical (unpaired) electrons. The normalized spacial score (nSPS) is 23.0. The molecule has 2 N–H and O–H groups in total. The summed E-state index contributed by atoms with van der Waals surface area (Å²) < 4.78 is 44.1. The van der Waals surface area contributed by atoms with E-state index in [0.717, 1.165) is 49.0 Å². The molecule has 2 bridgehead atoms. The lowest BCUT2D eigenvalue weighted by atomic mass is 9.66. The molecule has 170 valence electrons. The van der Waals surface area contributed by atoms with Crippen molar-refractivity contribution in [3.63, 3.8) is 0 Å². The number of thiophene rings is 1. The van der Waals surface area contributed by atoms with Gasteiger partial charge in [0.25, 0.3) is 17.6 Å². The summed E-state index contributed by atoms with van der Waals surface area (Å²) in [6.07, 6.45) is 0.0327. The number of hydrogen-bond donors (Lipinski definition) is 2. The minimum Gasteiger partial charge on any atom is -0.478 e. The predicted molar refractivity (Wildman–Crippen MR) is 108 cm³/mol. The van der Waals surface area contributed by atoms with Gasteiger partial charge in [-0.15, -0.1) is 11.3 Å². The standard InChI is InChI=1S/C21H20F3N3O4S/c1-8-12(9-2-3-9)15(17-26-20(27-31-17)21(22,23)24)18(32-8)25-16(28)13-10-4-6-11(7-5-10)14(13)19(29)30/h9-11H,2-7H2,1H3,(H,25,28)(H,29,30). The van der Waals surface area contributed by atoms with Crippen LogP contribution in [0.5, 0.6) is 0 Å². The highest BCUT2D eigenvalue weighted by atomic mass is 32.1. The number of carboxylic acid groups (broad SMARTS) is 1. The predicted octanol–water partition coefficient (Wildman–Crippen LogP) is 5.14. The molecule has 0 aromatic carbocycles. The van der Waals surface area contributed by atoms with Gasteiger partial charge in [0.2, 0.25) is 0 Å². The SMILES string of the molecule is Cc1sc(NC(=O)C2=C(C(=O)O)C3CCC2CC3)c(-c2nc(C(F)(F)F)no2)c1C1CC1. The van der Waals surface area contributed by atoms with Crippen molar-refractivity contribution in [3.8, 4) is 11.5 Å². The Hall–Kier alpha value is -2.69. The molecule has 2 aromatic heterocycles. The zero-order chi connectivity index (χ0) is 22.8. The first kappa shape index (κ1) is 21.2. The Kier molecular flexibility index (Phi) is 4.92. The molecule has 0 aliphatic heterocycles. The maximum Gasteiger partial charge on any atom is 0.455 e. The Morgan fingerprint density at radius 3 is 2.19 bits per heavy atom. The van der Waals surface area contributed by atoms with E-state index in [1.54, 1.807) is 0 Å². The third-order valence-electron chi connectivity index (χ3n) is 6.55. The molecule has 4 aliphatic carbocycles. The zero-order valence-corrected chi connectivity index (χ0v) is 17.9. The largest absolute Gasteiger partial charge is 0.478 e. The molecule has 2 heterocycles. The summed E-state index contributed by atoms with van der Waals surface area (Å²) in [6.45, 7) is 1.84. The van der Waals surface area contributed by atoms with Crippen LogP contribution in [0.15, 0.2) is 15.7 Å². The Labute approximate surface area is 184 Å². The number of aryl methyl sites for hydroxylation is 1. The number of aromatic nitrogens is 2. The van der Waals surface area contributed by atoms with Gasteiger partial charge in [-0.1, -0.05) is 5.16 Å². The van der Waals surface area contributed by atoms with Gasteiger partial charge in [-0.2, -0.15) is 18.2 Å². The lowest BCUT2D eigenvalue weighted by Crippen LogP contribution is -2.35. The van der Waals surface area contributed by atoms with Crippen LogP contribution < -0.4 is 5.32 Å². The third kappa shape index (κ3) is 3.52. The molecule has 4 aliphatic rings. The molecule has 32 heavy (non-hydrogen) atoms. The fourth-order valence-corrected chi connectivity index (χ4v) is 6.17. The molecule has 2 aromatic rings. The van der Waals surface area contributed by atoms with Gasteiger partial charge in [-0.25, -0.2) is 4.79 Å². The van der Waals surface area contributed by atoms with E-state index in [9.17, 15) is 27.9 Å². The summed E-state index contributed by atoms with van der Waals surface area (Å²) in [4.78, 5) is 29.5. The van der Waals surface area contributed by atoms with Crippen LogP contribution in [-0.2, 0) is 15.8 Å². The average molecular weight is 467 g/mol.